The van der Waals surface area contributed by atoms with Crippen LogP contribution in [-0.4, -0.2) is 42.3 Å². The van der Waals surface area contributed by atoms with Gasteiger partial charge in [0.15, 0.2) is 6.10 Å². The Morgan fingerprint density at radius 1 is 1.61 bits per heavy atom. The highest BCUT2D eigenvalue weighted by atomic mass is 16.5. The van der Waals surface area contributed by atoms with Gasteiger partial charge in [-0.2, -0.15) is 5.26 Å². The molecule has 2 rings (SSSR count). The van der Waals surface area contributed by atoms with Gasteiger partial charge in [0, 0.05) is 19.2 Å². The number of nitriles is 1. The highest BCUT2D eigenvalue weighted by molar-refractivity contribution is 5.49. The molecule has 0 amide bonds. The van der Waals surface area contributed by atoms with E-state index >= 15 is 0 Å². The lowest BCUT2D eigenvalue weighted by Gasteiger charge is -2.30. The van der Waals surface area contributed by atoms with Crippen LogP contribution in [0.3, 0.4) is 0 Å². The number of rotatable bonds is 3. The quantitative estimate of drug-likeness (QED) is 0.857. The number of hydrogen-bond donors (Lipinski definition) is 1. The lowest BCUT2D eigenvalue weighted by atomic mass is 10.3. The van der Waals surface area contributed by atoms with E-state index in [-0.39, 0.29) is 6.10 Å². The Labute approximate surface area is 107 Å². The smallest absolute Gasteiger partial charge is 0.161 e. The number of hydrogen-bond acceptors (Lipinski definition) is 6. The molecule has 0 saturated carbocycles. The number of anilines is 2. The van der Waals surface area contributed by atoms with Gasteiger partial charge in [0.1, 0.15) is 17.5 Å². The number of nitrogens with zero attached hydrogens (tertiary/aromatic N) is 4. The van der Waals surface area contributed by atoms with Crippen molar-refractivity contribution in [2.24, 2.45) is 0 Å². The fraction of sp³-hybridized carbons (Fsp3) is 0.583. The molecule has 0 bridgehead atoms. The fourth-order valence-corrected chi connectivity index (χ4v) is 1.92. The van der Waals surface area contributed by atoms with Gasteiger partial charge in [0.2, 0.25) is 0 Å². The van der Waals surface area contributed by atoms with E-state index in [1.807, 2.05) is 19.9 Å². The number of morpholine rings is 1. The van der Waals surface area contributed by atoms with Crippen molar-refractivity contribution in [1.82, 2.24) is 9.97 Å². The summed E-state index contributed by atoms with van der Waals surface area (Å²) >= 11 is 0. The third kappa shape index (κ3) is 2.87. The molecule has 1 unspecified atom stereocenters. The van der Waals surface area contributed by atoms with Crippen LogP contribution >= 0.6 is 0 Å². The monoisotopic (exact) mass is 247 g/mol. The SMILES string of the molecule is CCNc1cc(N2CCOC(C#N)C2)nc(C)n1. The van der Waals surface area contributed by atoms with Crippen molar-refractivity contribution in [3.63, 3.8) is 0 Å². The van der Waals surface area contributed by atoms with Gasteiger partial charge >= 0.3 is 0 Å². The van der Waals surface area contributed by atoms with Gasteiger partial charge in [-0.15, -0.1) is 0 Å². The molecular formula is C12H17N5O. The van der Waals surface area contributed by atoms with Crippen molar-refractivity contribution in [2.45, 2.75) is 20.0 Å². The van der Waals surface area contributed by atoms with Crippen molar-refractivity contribution in [3.05, 3.63) is 11.9 Å². The van der Waals surface area contributed by atoms with Crippen LogP contribution < -0.4 is 10.2 Å². The molecule has 0 aliphatic carbocycles. The largest absolute Gasteiger partial charge is 0.370 e. The topological polar surface area (TPSA) is 74.1 Å². The molecule has 18 heavy (non-hydrogen) atoms. The third-order valence-corrected chi connectivity index (χ3v) is 2.72. The van der Waals surface area contributed by atoms with Crippen molar-refractivity contribution >= 4 is 11.6 Å². The summed E-state index contributed by atoms with van der Waals surface area (Å²) in [7, 11) is 0. The molecule has 1 aromatic heterocycles. The van der Waals surface area contributed by atoms with E-state index in [9.17, 15) is 0 Å². The normalized spacial score (nSPS) is 19.4. The second-order valence-electron chi connectivity index (χ2n) is 4.12. The maximum Gasteiger partial charge on any atom is 0.161 e. The molecule has 6 heteroatoms. The van der Waals surface area contributed by atoms with E-state index in [0.29, 0.717) is 13.2 Å². The Balaban J connectivity index is 2.19. The van der Waals surface area contributed by atoms with E-state index in [1.165, 1.54) is 0 Å². The summed E-state index contributed by atoms with van der Waals surface area (Å²) in [6, 6.07) is 4.05. The molecule has 1 atom stereocenters. The summed E-state index contributed by atoms with van der Waals surface area (Å²) in [6.45, 7) is 6.57. The summed E-state index contributed by atoms with van der Waals surface area (Å²) in [4.78, 5) is 10.8. The Hall–Kier alpha value is -1.87. The van der Waals surface area contributed by atoms with Crippen LogP contribution in [-0.2, 0) is 4.74 Å². The molecule has 0 radical (unpaired) electrons. The summed E-state index contributed by atoms with van der Waals surface area (Å²) in [6.07, 6.45) is -0.378. The first-order chi connectivity index (χ1) is 8.72. The molecule has 1 aliphatic rings. The van der Waals surface area contributed by atoms with E-state index in [1.54, 1.807) is 0 Å². The molecule has 1 aliphatic heterocycles. The predicted molar refractivity (Wildman–Crippen MR) is 68.5 cm³/mol. The minimum atomic E-state index is -0.378. The second kappa shape index (κ2) is 5.65. The highest BCUT2D eigenvalue weighted by Crippen LogP contribution is 2.18. The predicted octanol–water partition coefficient (Wildman–Crippen LogP) is 0.946. The average molecular weight is 247 g/mol. The summed E-state index contributed by atoms with van der Waals surface area (Å²) in [5.74, 6) is 2.39. The van der Waals surface area contributed by atoms with Gasteiger partial charge in [-0.05, 0) is 13.8 Å². The second-order valence-corrected chi connectivity index (χ2v) is 4.12. The minimum Gasteiger partial charge on any atom is -0.370 e. The molecule has 0 aromatic carbocycles. The van der Waals surface area contributed by atoms with Crippen LogP contribution in [0.25, 0.3) is 0 Å². The zero-order chi connectivity index (χ0) is 13.0. The summed E-state index contributed by atoms with van der Waals surface area (Å²) < 4.78 is 5.33. The van der Waals surface area contributed by atoms with Crippen LogP contribution in [0.2, 0.25) is 0 Å². The van der Waals surface area contributed by atoms with Gasteiger partial charge < -0.3 is 15.0 Å². The van der Waals surface area contributed by atoms with Crippen LogP contribution in [0.1, 0.15) is 12.7 Å². The summed E-state index contributed by atoms with van der Waals surface area (Å²) in [5.41, 5.74) is 0. The Morgan fingerprint density at radius 2 is 2.44 bits per heavy atom. The van der Waals surface area contributed by atoms with E-state index in [0.717, 1.165) is 30.5 Å². The average Bonchev–Trinajstić information content (AvgIpc) is 2.38. The number of ether oxygens (including phenoxy) is 1. The van der Waals surface area contributed by atoms with E-state index < -0.39 is 0 Å². The first-order valence-corrected chi connectivity index (χ1v) is 6.08. The van der Waals surface area contributed by atoms with Gasteiger partial charge in [0.25, 0.3) is 0 Å². The first-order valence-electron chi connectivity index (χ1n) is 6.08. The molecular weight excluding hydrogens is 230 g/mol. The number of nitrogens with one attached hydrogen (secondary N) is 1. The fourth-order valence-electron chi connectivity index (χ4n) is 1.92. The van der Waals surface area contributed by atoms with Crippen LogP contribution in [0.4, 0.5) is 11.6 Å². The molecule has 1 aromatic rings. The van der Waals surface area contributed by atoms with Crippen LogP contribution in [0, 0.1) is 18.3 Å². The first kappa shape index (κ1) is 12.6. The highest BCUT2D eigenvalue weighted by Gasteiger charge is 2.21. The Bertz CT molecular complexity index is 456. The van der Waals surface area contributed by atoms with E-state index in [2.05, 4.69) is 26.3 Å². The Morgan fingerprint density at radius 3 is 3.17 bits per heavy atom. The van der Waals surface area contributed by atoms with Gasteiger partial charge in [-0.3, -0.25) is 0 Å². The molecule has 2 heterocycles. The third-order valence-electron chi connectivity index (χ3n) is 2.72. The van der Waals surface area contributed by atoms with Gasteiger partial charge in [-0.25, -0.2) is 9.97 Å². The summed E-state index contributed by atoms with van der Waals surface area (Å²) in [5, 5.41) is 12.1. The van der Waals surface area contributed by atoms with Crippen molar-refractivity contribution in [3.8, 4) is 6.07 Å². The van der Waals surface area contributed by atoms with Gasteiger partial charge in [0.05, 0.1) is 19.2 Å². The van der Waals surface area contributed by atoms with Gasteiger partial charge in [-0.1, -0.05) is 0 Å². The van der Waals surface area contributed by atoms with Crippen molar-refractivity contribution in [1.29, 1.82) is 5.26 Å². The van der Waals surface area contributed by atoms with E-state index in [4.69, 9.17) is 10.00 Å². The van der Waals surface area contributed by atoms with Crippen LogP contribution in [0.15, 0.2) is 6.07 Å². The molecule has 1 saturated heterocycles. The molecule has 96 valence electrons. The number of aryl methyl sites for hydroxylation is 1. The molecule has 1 fully saturated rings. The molecule has 6 nitrogen and oxygen atoms in total. The lowest BCUT2D eigenvalue weighted by molar-refractivity contribution is 0.0761. The zero-order valence-corrected chi connectivity index (χ0v) is 10.7. The molecule has 1 N–H and O–H groups in total. The standard InChI is InChI=1S/C12H17N5O/c1-3-14-11-6-12(16-9(2)15-11)17-4-5-18-10(7-13)8-17/h6,10H,3-5,8H2,1-2H3,(H,14,15,16). The molecule has 0 spiro atoms. The Kier molecular flexibility index (Phi) is 3.95. The number of aromatic nitrogens is 2. The van der Waals surface area contributed by atoms with Crippen molar-refractivity contribution in [2.75, 3.05) is 36.5 Å². The zero-order valence-electron chi connectivity index (χ0n) is 10.7. The minimum absolute atomic E-state index is 0.378. The lowest BCUT2D eigenvalue weighted by Crippen LogP contribution is -2.42. The van der Waals surface area contributed by atoms with Crippen molar-refractivity contribution < 1.29 is 4.74 Å². The maximum absolute atomic E-state index is 8.90. The maximum atomic E-state index is 8.90. The van der Waals surface area contributed by atoms with Crippen LogP contribution in [0.5, 0.6) is 0 Å².